The van der Waals surface area contributed by atoms with Crippen LogP contribution in [0, 0.1) is 6.92 Å². The van der Waals surface area contributed by atoms with Gasteiger partial charge in [0.25, 0.3) is 0 Å². The van der Waals surface area contributed by atoms with Crippen molar-refractivity contribution in [2.24, 2.45) is 0 Å². The molecule has 0 aliphatic heterocycles. The van der Waals surface area contributed by atoms with Crippen molar-refractivity contribution in [1.29, 1.82) is 0 Å². The lowest BCUT2D eigenvalue weighted by Crippen LogP contribution is -2.40. The Bertz CT molecular complexity index is 490. The number of benzene rings is 1. The van der Waals surface area contributed by atoms with Gasteiger partial charge in [-0.25, -0.2) is 0 Å². The van der Waals surface area contributed by atoms with E-state index in [9.17, 15) is 9.59 Å². The highest BCUT2D eigenvalue weighted by molar-refractivity contribution is 6.31. The molecule has 0 heterocycles. The van der Waals surface area contributed by atoms with E-state index in [0.717, 1.165) is 5.56 Å². The molecule has 0 radical (unpaired) electrons. The number of carboxylic acid groups (broad SMARTS) is 1. The number of carbonyl (C=O) groups excluding carboxylic acids is 1. The zero-order valence-corrected chi connectivity index (χ0v) is 12.2. The molecule has 1 aromatic carbocycles. The predicted octanol–water partition coefficient (Wildman–Crippen LogP) is 1.91. The Kier molecular flexibility index (Phi) is 6.64. The first-order chi connectivity index (χ1) is 9.45. The Morgan fingerprint density at radius 1 is 1.45 bits per heavy atom. The molecular weight excluding hydrogens is 282 g/mol. The van der Waals surface area contributed by atoms with Gasteiger partial charge < -0.3 is 15.2 Å². The van der Waals surface area contributed by atoms with Gasteiger partial charge in [0.05, 0.1) is 19.1 Å². The van der Waals surface area contributed by atoms with Crippen LogP contribution >= 0.6 is 11.6 Å². The van der Waals surface area contributed by atoms with Crippen molar-refractivity contribution in [2.75, 3.05) is 20.3 Å². The van der Waals surface area contributed by atoms with E-state index in [1.165, 1.54) is 7.11 Å². The average molecular weight is 300 g/mol. The summed E-state index contributed by atoms with van der Waals surface area (Å²) in [6.07, 6.45) is -0.274. The van der Waals surface area contributed by atoms with Gasteiger partial charge in [0.15, 0.2) is 5.78 Å². The number of rotatable bonds is 8. The fourth-order valence-corrected chi connectivity index (χ4v) is 1.88. The molecule has 0 aromatic heterocycles. The quantitative estimate of drug-likeness (QED) is 0.566. The van der Waals surface area contributed by atoms with Gasteiger partial charge >= 0.3 is 5.97 Å². The Morgan fingerprint density at radius 2 is 2.15 bits per heavy atom. The van der Waals surface area contributed by atoms with Crippen LogP contribution in [0.3, 0.4) is 0 Å². The molecular formula is C14H18ClNO4. The summed E-state index contributed by atoms with van der Waals surface area (Å²) >= 11 is 5.91. The zero-order valence-electron chi connectivity index (χ0n) is 11.5. The number of nitrogens with one attached hydrogen (secondary N) is 1. The summed E-state index contributed by atoms with van der Waals surface area (Å²) in [6.45, 7) is 2.61. The molecule has 0 bridgehead atoms. The van der Waals surface area contributed by atoms with E-state index in [2.05, 4.69) is 5.32 Å². The van der Waals surface area contributed by atoms with Gasteiger partial charge in [-0.3, -0.25) is 9.59 Å². The number of hydrogen-bond donors (Lipinski definition) is 2. The molecule has 1 atom stereocenters. The van der Waals surface area contributed by atoms with Crippen LogP contribution in [-0.4, -0.2) is 43.2 Å². The summed E-state index contributed by atoms with van der Waals surface area (Å²) in [5.74, 6) is -1.29. The molecule has 5 nitrogen and oxygen atoms in total. The number of Topliss-reactive ketones (excluding diaryl/α,β-unsaturated/α-hetero) is 1. The monoisotopic (exact) mass is 299 g/mol. The molecule has 1 unspecified atom stereocenters. The highest BCUT2D eigenvalue weighted by Crippen LogP contribution is 2.17. The summed E-state index contributed by atoms with van der Waals surface area (Å²) in [6, 6.07) is 4.13. The third kappa shape index (κ3) is 4.92. The van der Waals surface area contributed by atoms with E-state index in [1.807, 2.05) is 0 Å². The summed E-state index contributed by atoms with van der Waals surface area (Å²) in [7, 11) is 1.54. The first kappa shape index (κ1) is 16.6. The number of hydrogen-bond acceptors (Lipinski definition) is 4. The molecule has 0 saturated carbocycles. The van der Waals surface area contributed by atoms with E-state index in [4.69, 9.17) is 21.4 Å². The fraction of sp³-hybridized carbons (Fsp3) is 0.429. The van der Waals surface area contributed by atoms with Crippen LogP contribution in [0.1, 0.15) is 22.3 Å². The van der Waals surface area contributed by atoms with Crippen molar-refractivity contribution in [3.63, 3.8) is 0 Å². The SMILES string of the molecule is COCCNC(CC(=O)O)C(=O)c1ccc(Cl)c(C)c1. The number of carboxylic acids is 1. The maximum atomic E-state index is 12.3. The first-order valence-electron chi connectivity index (χ1n) is 6.20. The summed E-state index contributed by atoms with van der Waals surface area (Å²) < 4.78 is 4.88. The van der Waals surface area contributed by atoms with E-state index in [-0.39, 0.29) is 12.2 Å². The summed E-state index contributed by atoms with van der Waals surface area (Å²) in [5.41, 5.74) is 1.23. The van der Waals surface area contributed by atoms with Crippen LogP contribution in [0.4, 0.5) is 0 Å². The second kappa shape index (κ2) is 7.99. The number of ketones is 1. The minimum atomic E-state index is -1.03. The highest BCUT2D eigenvalue weighted by Gasteiger charge is 2.22. The molecule has 20 heavy (non-hydrogen) atoms. The van der Waals surface area contributed by atoms with Gasteiger partial charge in [0.2, 0.25) is 0 Å². The second-order valence-corrected chi connectivity index (χ2v) is 4.83. The van der Waals surface area contributed by atoms with E-state index >= 15 is 0 Å². The van der Waals surface area contributed by atoms with E-state index in [1.54, 1.807) is 25.1 Å². The minimum absolute atomic E-state index is 0.261. The third-order valence-corrected chi connectivity index (χ3v) is 3.26. The maximum Gasteiger partial charge on any atom is 0.305 e. The zero-order chi connectivity index (χ0) is 15.1. The molecule has 0 aliphatic carbocycles. The minimum Gasteiger partial charge on any atom is -0.481 e. The summed E-state index contributed by atoms with van der Waals surface area (Å²) in [5, 5.41) is 12.4. The van der Waals surface area contributed by atoms with Gasteiger partial charge in [-0.05, 0) is 30.7 Å². The Hall–Kier alpha value is -1.43. The normalized spacial score (nSPS) is 12.2. The van der Waals surface area contributed by atoms with Crippen molar-refractivity contribution >= 4 is 23.4 Å². The molecule has 0 amide bonds. The maximum absolute atomic E-state index is 12.3. The number of halogens is 1. The molecule has 0 spiro atoms. The number of aliphatic carboxylic acids is 1. The smallest absolute Gasteiger partial charge is 0.305 e. The number of methoxy groups -OCH3 is 1. The van der Waals surface area contributed by atoms with E-state index in [0.29, 0.717) is 23.7 Å². The van der Waals surface area contributed by atoms with Crippen LogP contribution in [0.5, 0.6) is 0 Å². The molecule has 1 aromatic rings. The van der Waals surface area contributed by atoms with Crippen LogP contribution in [-0.2, 0) is 9.53 Å². The lowest BCUT2D eigenvalue weighted by molar-refractivity contribution is -0.137. The lowest BCUT2D eigenvalue weighted by Gasteiger charge is -2.16. The number of carbonyl (C=O) groups is 2. The molecule has 2 N–H and O–H groups in total. The van der Waals surface area contributed by atoms with Gasteiger partial charge in [-0.15, -0.1) is 0 Å². The van der Waals surface area contributed by atoms with Crippen LogP contribution in [0.15, 0.2) is 18.2 Å². The first-order valence-corrected chi connectivity index (χ1v) is 6.58. The topological polar surface area (TPSA) is 75.6 Å². The number of ether oxygens (including phenoxy) is 1. The van der Waals surface area contributed by atoms with Crippen LogP contribution < -0.4 is 5.32 Å². The average Bonchev–Trinajstić information content (AvgIpc) is 2.40. The molecule has 0 saturated heterocycles. The van der Waals surface area contributed by atoms with Crippen LogP contribution in [0.25, 0.3) is 0 Å². The fourth-order valence-electron chi connectivity index (χ4n) is 1.77. The number of aryl methyl sites for hydroxylation is 1. The van der Waals surface area contributed by atoms with Crippen molar-refractivity contribution in [1.82, 2.24) is 5.32 Å². The lowest BCUT2D eigenvalue weighted by atomic mass is 10.00. The van der Waals surface area contributed by atoms with Gasteiger partial charge in [-0.1, -0.05) is 11.6 Å². The molecule has 1 rings (SSSR count). The van der Waals surface area contributed by atoms with Crippen molar-refractivity contribution < 1.29 is 19.4 Å². The largest absolute Gasteiger partial charge is 0.481 e. The molecule has 6 heteroatoms. The Labute approximate surface area is 122 Å². The van der Waals surface area contributed by atoms with E-state index < -0.39 is 12.0 Å². The van der Waals surface area contributed by atoms with Gasteiger partial charge in [0.1, 0.15) is 0 Å². The molecule has 0 fully saturated rings. The Morgan fingerprint density at radius 3 is 2.70 bits per heavy atom. The third-order valence-electron chi connectivity index (χ3n) is 2.83. The molecule has 0 aliphatic rings. The van der Waals surface area contributed by atoms with Crippen molar-refractivity contribution in [3.05, 3.63) is 34.3 Å². The van der Waals surface area contributed by atoms with Crippen molar-refractivity contribution in [2.45, 2.75) is 19.4 Å². The summed E-state index contributed by atoms with van der Waals surface area (Å²) in [4.78, 5) is 23.2. The Balaban J connectivity index is 2.84. The van der Waals surface area contributed by atoms with Crippen LogP contribution in [0.2, 0.25) is 5.02 Å². The standard InChI is InChI=1S/C14H18ClNO4/c1-9-7-10(3-4-11(9)15)14(19)12(8-13(17)18)16-5-6-20-2/h3-4,7,12,16H,5-6,8H2,1-2H3,(H,17,18). The second-order valence-electron chi connectivity index (χ2n) is 4.43. The molecule has 110 valence electrons. The highest BCUT2D eigenvalue weighted by atomic mass is 35.5. The van der Waals surface area contributed by atoms with Gasteiger partial charge in [-0.2, -0.15) is 0 Å². The predicted molar refractivity (Wildman–Crippen MR) is 76.4 cm³/mol. The van der Waals surface area contributed by atoms with Crippen molar-refractivity contribution in [3.8, 4) is 0 Å². The van der Waals surface area contributed by atoms with Gasteiger partial charge in [0, 0.05) is 24.2 Å².